The Morgan fingerprint density at radius 3 is 2.66 bits per heavy atom. The van der Waals surface area contributed by atoms with Gasteiger partial charge in [-0.1, -0.05) is 12.1 Å². The van der Waals surface area contributed by atoms with E-state index in [1.807, 2.05) is 29.6 Å². The summed E-state index contributed by atoms with van der Waals surface area (Å²) < 4.78 is 49.5. The number of thiazole rings is 1. The summed E-state index contributed by atoms with van der Waals surface area (Å²) >= 11 is 1.44. The van der Waals surface area contributed by atoms with Crippen molar-refractivity contribution in [2.75, 3.05) is 20.7 Å². The second-order valence-corrected chi connectivity index (χ2v) is 9.82. The van der Waals surface area contributed by atoms with Gasteiger partial charge in [-0.15, -0.1) is 11.3 Å². The number of hydrogen-bond acceptors (Lipinski definition) is 7. The molecule has 0 radical (unpaired) electrons. The van der Waals surface area contributed by atoms with Crippen molar-refractivity contribution in [3.63, 3.8) is 0 Å². The SMILES string of the molecule is COc1cccc(-c2nc(COC(=O)CCCN(C)S(=O)(=O)c3ccc(F)cc3)cs2)c1. The topological polar surface area (TPSA) is 85.8 Å². The number of sulfonamides is 1. The molecular weight excluding hydrogens is 455 g/mol. The van der Waals surface area contributed by atoms with E-state index in [1.165, 1.54) is 30.5 Å². The lowest BCUT2D eigenvalue weighted by Crippen LogP contribution is -2.28. The molecule has 3 rings (SSSR count). The van der Waals surface area contributed by atoms with E-state index >= 15 is 0 Å². The molecule has 0 N–H and O–H groups in total. The molecule has 170 valence electrons. The largest absolute Gasteiger partial charge is 0.497 e. The summed E-state index contributed by atoms with van der Waals surface area (Å²) in [5.74, 6) is -0.212. The first kappa shape index (κ1) is 23.8. The van der Waals surface area contributed by atoms with Gasteiger partial charge < -0.3 is 9.47 Å². The highest BCUT2D eigenvalue weighted by molar-refractivity contribution is 7.89. The van der Waals surface area contributed by atoms with E-state index in [1.54, 1.807) is 7.11 Å². The number of halogens is 1. The summed E-state index contributed by atoms with van der Waals surface area (Å²) in [7, 11) is -0.726. The van der Waals surface area contributed by atoms with Crippen LogP contribution in [0.3, 0.4) is 0 Å². The van der Waals surface area contributed by atoms with Crippen LogP contribution in [0.4, 0.5) is 4.39 Å². The van der Waals surface area contributed by atoms with Crippen molar-refractivity contribution in [2.24, 2.45) is 0 Å². The predicted molar refractivity (Wildman–Crippen MR) is 119 cm³/mol. The number of rotatable bonds is 10. The van der Waals surface area contributed by atoms with Crippen LogP contribution >= 0.6 is 11.3 Å². The van der Waals surface area contributed by atoms with Crippen LogP contribution in [-0.4, -0.2) is 44.4 Å². The molecule has 0 fully saturated rings. The average molecular weight is 479 g/mol. The molecular formula is C22H23FN2O5S2. The molecule has 2 aromatic carbocycles. The minimum absolute atomic E-state index is 0.000603. The standard InChI is InChI=1S/C22H23FN2O5S2/c1-25(32(27,28)20-10-8-17(23)9-11-20)12-4-7-21(26)30-14-18-15-31-22(24-18)16-5-3-6-19(13-16)29-2/h3,5-6,8-11,13,15H,4,7,12,14H2,1-2H3. The molecule has 0 aliphatic heterocycles. The van der Waals surface area contributed by atoms with Crippen molar-refractivity contribution in [3.05, 3.63) is 65.4 Å². The maximum absolute atomic E-state index is 13.0. The lowest BCUT2D eigenvalue weighted by Gasteiger charge is -2.16. The van der Waals surface area contributed by atoms with Crippen LogP contribution in [0.5, 0.6) is 5.75 Å². The van der Waals surface area contributed by atoms with Gasteiger partial charge in [0, 0.05) is 31.0 Å². The highest BCUT2D eigenvalue weighted by Crippen LogP contribution is 2.27. The quantitative estimate of drug-likeness (QED) is 0.408. The molecule has 0 spiro atoms. The summed E-state index contributed by atoms with van der Waals surface area (Å²) in [6.45, 7) is 0.175. The molecule has 0 bridgehead atoms. The molecule has 1 aromatic heterocycles. The highest BCUT2D eigenvalue weighted by Gasteiger charge is 2.20. The number of benzene rings is 2. The van der Waals surface area contributed by atoms with Crippen LogP contribution in [0.25, 0.3) is 10.6 Å². The van der Waals surface area contributed by atoms with Gasteiger partial charge in [-0.2, -0.15) is 0 Å². The molecule has 10 heteroatoms. The predicted octanol–water partition coefficient (Wildman–Crippen LogP) is 4.10. The van der Waals surface area contributed by atoms with Crippen LogP contribution in [-0.2, 0) is 26.2 Å². The van der Waals surface area contributed by atoms with Crippen molar-refractivity contribution in [1.29, 1.82) is 0 Å². The van der Waals surface area contributed by atoms with Crippen molar-refractivity contribution in [2.45, 2.75) is 24.3 Å². The molecule has 0 saturated heterocycles. The summed E-state index contributed by atoms with van der Waals surface area (Å²) in [6, 6.07) is 12.1. The van der Waals surface area contributed by atoms with E-state index in [4.69, 9.17) is 9.47 Å². The molecule has 1 heterocycles. The first-order valence-corrected chi connectivity index (χ1v) is 12.1. The first-order valence-electron chi connectivity index (χ1n) is 9.76. The van der Waals surface area contributed by atoms with Gasteiger partial charge in [0.05, 0.1) is 17.7 Å². The fourth-order valence-electron chi connectivity index (χ4n) is 2.84. The Balaban J connectivity index is 1.45. The molecule has 3 aromatic rings. The molecule has 0 amide bonds. The Morgan fingerprint density at radius 2 is 1.94 bits per heavy atom. The molecule has 0 aliphatic carbocycles. The van der Waals surface area contributed by atoms with Crippen LogP contribution in [0, 0.1) is 5.82 Å². The smallest absolute Gasteiger partial charge is 0.306 e. The van der Waals surface area contributed by atoms with Crippen LogP contribution in [0.15, 0.2) is 58.8 Å². The number of hydrogen-bond donors (Lipinski definition) is 0. The van der Waals surface area contributed by atoms with Crippen LogP contribution < -0.4 is 4.74 Å². The first-order chi connectivity index (χ1) is 15.3. The number of nitrogens with zero attached hydrogens (tertiary/aromatic N) is 2. The molecule has 32 heavy (non-hydrogen) atoms. The van der Waals surface area contributed by atoms with Crippen molar-refractivity contribution in [3.8, 4) is 16.3 Å². The third-order valence-corrected chi connectivity index (χ3v) is 7.44. The molecule has 0 aliphatic rings. The van der Waals surface area contributed by atoms with E-state index in [9.17, 15) is 17.6 Å². The third-order valence-electron chi connectivity index (χ3n) is 4.63. The molecule has 7 nitrogen and oxygen atoms in total. The Kier molecular flexibility index (Phi) is 7.94. The maximum Gasteiger partial charge on any atom is 0.306 e. The van der Waals surface area contributed by atoms with Crippen LogP contribution in [0.2, 0.25) is 0 Å². The summed E-state index contributed by atoms with van der Waals surface area (Å²) in [5, 5.41) is 2.62. The van der Waals surface area contributed by atoms with Crippen molar-refractivity contribution in [1.82, 2.24) is 9.29 Å². The molecule has 0 unspecified atom stereocenters. The fraction of sp³-hybridized carbons (Fsp3) is 0.273. The summed E-state index contributed by atoms with van der Waals surface area (Å²) in [5.41, 5.74) is 1.55. The van der Waals surface area contributed by atoms with E-state index in [2.05, 4.69) is 4.98 Å². The van der Waals surface area contributed by atoms with Gasteiger partial charge in [0.25, 0.3) is 0 Å². The van der Waals surface area contributed by atoms with Crippen molar-refractivity contribution < 1.29 is 27.1 Å². The van der Waals surface area contributed by atoms with Gasteiger partial charge in [-0.25, -0.2) is 22.1 Å². The van der Waals surface area contributed by atoms with E-state index in [-0.39, 0.29) is 24.5 Å². The van der Waals surface area contributed by atoms with Gasteiger partial charge in [-0.05, 0) is 42.8 Å². The third kappa shape index (κ3) is 6.12. The van der Waals surface area contributed by atoms with Gasteiger partial charge >= 0.3 is 5.97 Å². The zero-order valence-corrected chi connectivity index (χ0v) is 19.3. The zero-order valence-electron chi connectivity index (χ0n) is 17.7. The lowest BCUT2D eigenvalue weighted by molar-refractivity contribution is -0.145. The number of carbonyl (C=O) groups excluding carboxylic acids is 1. The Bertz CT molecular complexity index is 1160. The minimum atomic E-state index is -3.74. The Hall–Kier alpha value is -2.82. The number of carbonyl (C=O) groups is 1. The lowest BCUT2D eigenvalue weighted by atomic mass is 10.2. The summed E-state index contributed by atoms with van der Waals surface area (Å²) in [6.07, 6.45) is 0.359. The number of methoxy groups -OCH3 is 1. The van der Waals surface area contributed by atoms with E-state index in [0.717, 1.165) is 32.8 Å². The van der Waals surface area contributed by atoms with Crippen LogP contribution in [0.1, 0.15) is 18.5 Å². The Morgan fingerprint density at radius 1 is 1.19 bits per heavy atom. The fourth-order valence-corrected chi connectivity index (χ4v) is 4.85. The second kappa shape index (κ2) is 10.7. The van der Waals surface area contributed by atoms with E-state index in [0.29, 0.717) is 12.1 Å². The molecule has 0 saturated carbocycles. The number of esters is 1. The van der Waals surface area contributed by atoms with E-state index < -0.39 is 21.8 Å². The number of aromatic nitrogens is 1. The minimum Gasteiger partial charge on any atom is -0.497 e. The normalized spacial score (nSPS) is 11.5. The highest BCUT2D eigenvalue weighted by atomic mass is 32.2. The second-order valence-electron chi connectivity index (χ2n) is 6.92. The average Bonchev–Trinajstić information content (AvgIpc) is 3.27. The Labute approximate surface area is 190 Å². The monoisotopic (exact) mass is 478 g/mol. The zero-order chi connectivity index (χ0) is 23.1. The number of ether oxygens (including phenoxy) is 2. The van der Waals surface area contributed by atoms with Gasteiger partial charge in [0.1, 0.15) is 23.2 Å². The maximum atomic E-state index is 13.0. The van der Waals surface area contributed by atoms with Gasteiger partial charge in [0.15, 0.2) is 0 Å². The van der Waals surface area contributed by atoms with Gasteiger partial charge in [-0.3, -0.25) is 4.79 Å². The molecule has 0 atom stereocenters. The van der Waals surface area contributed by atoms with Crippen molar-refractivity contribution >= 4 is 27.3 Å². The summed E-state index contributed by atoms with van der Waals surface area (Å²) in [4.78, 5) is 16.5. The van der Waals surface area contributed by atoms with Gasteiger partial charge in [0.2, 0.25) is 10.0 Å².